The van der Waals surface area contributed by atoms with E-state index in [1.165, 1.54) is 0 Å². The van der Waals surface area contributed by atoms with E-state index in [0.29, 0.717) is 17.9 Å². The lowest BCUT2D eigenvalue weighted by molar-refractivity contribution is -0.114. The fraction of sp³-hybridized carbons (Fsp3) is 0.200. The minimum absolute atomic E-state index is 0.0819. The Balaban J connectivity index is 1.43. The molecule has 0 aromatic heterocycles. The van der Waals surface area contributed by atoms with Gasteiger partial charge in [-0.15, -0.1) is 0 Å². The standard InChI is InChI=1S/C25H27N3O3/c1-18(2)27-25(30)20-8-10-21(11-9-20)26-16-24(29)28-22-12-14-23(15-13-22)31-17-19-6-4-3-5-7-19/h3-15,18,26H,16-17H2,1-2H3,(H,27,30)(H,28,29). The van der Waals surface area contributed by atoms with E-state index in [1.807, 2.05) is 56.3 Å². The highest BCUT2D eigenvalue weighted by Crippen LogP contribution is 2.17. The number of carbonyl (C=O) groups excluding carboxylic acids is 2. The number of hydrogen-bond acceptors (Lipinski definition) is 4. The van der Waals surface area contributed by atoms with Gasteiger partial charge in [-0.25, -0.2) is 0 Å². The van der Waals surface area contributed by atoms with Gasteiger partial charge in [0.2, 0.25) is 5.91 Å². The largest absolute Gasteiger partial charge is 0.489 e. The summed E-state index contributed by atoms with van der Waals surface area (Å²) in [5.74, 6) is 0.455. The van der Waals surface area contributed by atoms with E-state index >= 15 is 0 Å². The zero-order valence-corrected chi connectivity index (χ0v) is 17.7. The lowest BCUT2D eigenvalue weighted by Crippen LogP contribution is -2.30. The highest BCUT2D eigenvalue weighted by atomic mass is 16.5. The summed E-state index contributed by atoms with van der Waals surface area (Å²) in [5, 5.41) is 8.74. The van der Waals surface area contributed by atoms with Crippen molar-refractivity contribution in [2.24, 2.45) is 0 Å². The third-order valence-electron chi connectivity index (χ3n) is 4.41. The molecule has 0 aliphatic heterocycles. The number of rotatable bonds is 9. The molecule has 0 aliphatic rings. The van der Waals surface area contributed by atoms with Crippen LogP contribution in [0.4, 0.5) is 11.4 Å². The highest BCUT2D eigenvalue weighted by molar-refractivity contribution is 5.95. The second kappa shape index (κ2) is 10.8. The molecule has 31 heavy (non-hydrogen) atoms. The van der Waals surface area contributed by atoms with E-state index in [2.05, 4.69) is 16.0 Å². The van der Waals surface area contributed by atoms with Gasteiger partial charge in [-0.1, -0.05) is 30.3 Å². The molecule has 2 amide bonds. The summed E-state index contributed by atoms with van der Waals surface area (Å²) >= 11 is 0. The molecular weight excluding hydrogens is 390 g/mol. The average molecular weight is 418 g/mol. The van der Waals surface area contributed by atoms with Crippen LogP contribution in [0.15, 0.2) is 78.9 Å². The minimum Gasteiger partial charge on any atom is -0.489 e. The molecule has 0 bridgehead atoms. The van der Waals surface area contributed by atoms with E-state index in [9.17, 15) is 9.59 Å². The first kappa shape index (κ1) is 21.9. The van der Waals surface area contributed by atoms with Crippen LogP contribution in [0, 0.1) is 0 Å². The van der Waals surface area contributed by atoms with Crippen molar-refractivity contribution in [3.8, 4) is 5.75 Å². The Bertz CT molecular complexity index is 985. The number of ether oxygens (including phenoxy) is 1. The number of amides is 2. The number of hydrogen-bond donors (Lipinski definition) is 3. The van der Waals surface area contributed by atoms with Crippen LogP contribution in [-0.4, -0.2) is 24.4 Å². The fourth-order valence-electron chi connectivity index (χ4n) is 2.85. The van der Waals surface area contributed by atoms with Crippen LogP contribution >= 0.6 is 0 Å². The number of anilines is 2. The van der Waals surface area contributed by atoms with Crippen molar-refractivity contribution in [2.45, 2.75) is 26.5 Å². The van der Waals surface area contributed by atoms with Crippen molar-refractivity contribution >= 4 is 23.2 Å². The molecule has 0 atom stereocenters. The molecule has 0 heterocycles. The van der Waals surface area contributed by atoms with Crippen molar-refractivity contribution in [1.29, 1.82) is 0 Å². The van der Waals surface area contributed by atoms with Crippen molar-refractivity contribution in [3.63, 3.8) is 0 Å². The molecular formula is C25H27N3O3. The van der Waals surface area contributed by atoms with E-state index < -0.39 is 0 Å². The van der Waals surface area contributed by atoms with Gasteiger partial charge in [-0.05, 0) is 67.9 Å². The maximum atomic E-state index is 12.2. The summed E-state index contributed by atoms with van der Waals surface area (Å²) in [6.07, 6.45) is 0. The van der Waals surface area contributed by atoms with Crippen LogP contribution in [-0.2, 0) is 11.4 Å². The van der Waals surface area contributed by atoms with Crippen LogP contribution in [0.1, 0.15) is 29.8 Å². The maximum Gasteiger partial charge on any atom is 0.251 e. The number of carbonyl (C=O) groups is 2. The lowest BCUT2D eigenvalue weighted by Gasteiger charge is -2.11. The quantitative estimate of drug-likeness (QED) is 0.480. The van der Waals surface area contributed by atoms with E-state index in [0.717, 1.165) is 17.0 Å². The first-order valence-electron chi connectivity index (χ1n) is 10.2. The Morgan fingerprint density at radius 2 is 1.48 bits per heavy atom. The minimum atomic E-state index is -0.167. The second-order valence-corrected chi connectivity index (χ2v) is 7.41. The third kappa shape index (κ3) is 7.19. The Morgan fingerprint density at radius 1 is 0.839 bits per heavy atom. The van der Waals surface area contributed by atoms with Crippen molar-refractivity contribution in [2.75, 3.05) is 17.2 Å². The Labute approximate surface area is 182 Å². The predicted octanol–water partition coefficient (Wildman–Crippen LogP) is 4.45. The topological polar surface area (TPSA) is 79.5 Å². The van der Waals surface area contributed by atoms with Crippen molar-refractivity contribution in [3.05, 3.63) is 90.0 Å². The Hall–Kier alpha value is -3.80. The Morgan fingerprint density at radius 3 is 2.13 bits per heavy atom. The zero-order chi connectivity index (χ0) is 22.1. The molecule has 0 saturated heterocycles. The van der Waals surface area contributed by atoms with Gasteiger partial charge < -0.3 is 20.7 Å². The van der Waals surface area contributed by atoms with Gasteiger partial charge in [0.1, 0.15) is 12.4 Å². The summed E-state index contributed by atoms with van der Waals surface area (Å²) in [5.41, 5.74) is 3.14. The number of benzene rings is 3. The third-order valence-corrected chi connectivity index (χ3v) is 4.41. The molecule has 0 unspecified atom stereocenters. The molecule has 6 heteroatoms. The Kier molecular flexibility index (Phi) is 7.65. The van der Waals surface area contributed by atoms with Gasteiger partial charge >= 0.3 is 0 Å². The molecule has 0 spiro atoms. The van der Waals surface area contributed by atoms with Crippen molar-refractivity contribution < 1.29 is 14.3 Å². The lowest BCUT2D eigenvalue weighted by atomic mass is 10.2. The second-order valence-electron chi connectivity index (χ2n) is 7.41. The summed E-state index contributed by atoms with van der Waals surface area (Å²) in [4.78, 5) is 24.2. The van der Waals surface area contributed by atoms with Crippen LogP contribution in [0.5, 0.6) is 5.75 Å². The smallest absolute Gasteiger partial charge is 0.251 e. The maximum absolute atomic E-state index is 12.2. The molecule has 3 N–H and O–H groups in total. The summed E-state index contributed by atoms with van der Waals surface area (Å²) in [6, 6.07) is 24.3. The molecule has 0 fully saturated rings. The van der Waals surface area contributed by atoms with Gasteiger partial charge in [-0.3, -0.25) is 9.59 Å². The molecule has 3 rings (SSSR count). The average Bonchev–Trinajstić information content (AvgIpc) is 2.78. The van der Waals surface area contributed by atoms with E-state index in [4.69, 9.17) is 4.74 Å². The molecule has 0 aliphatic carbocycles. The normalized spacial score (nSPS) is 10.4. The molecule has 0 radical (unpaired) electrons. The first-order chi connectivity index (χ1) is 15.0. The SMILES string of the molecule is CC(C)NC(=O)c1ccc(NCC(=O)Nc2ccc(OCc3ccccc3)cc2)cc1. The fourth-order valence-corrected chi connectivity index (χ4v) is 2.85. The summed E-state index contributed by atoms with van der Waals surface area (Å²) in [7, 11) is 0. The van der Waals surface area contributed by atoms with Gasteiger partial charge in [-0.2, -0.15) is 0 Å². The zero-order valence-electron chi connectivity index (χ0n) is 17.7. The van der Waals surface area contributed by atoms with Crippen LogP contribution in [0.25, 0.3) is 0 Å². The van der Waals surface area contributed by atoms with Gasteiger partial charge in [0.05, 0.1) is 6.54 Å². The molecule has 160 valence electrons. The van der Waals surface area contributed by atoms with E-state index in [1.54, 1.807) is 36.4 Å². The summed E-state index contributed by atoms with van der Waals surface area (Å²) < 4.78 is 5.75. The van der Waals surface area contributed by atoms with Crippen LogP contribution in [0.3, 0.4) is 0 Å². The van der Waals surface area contributed by atoms with Gasteiger partial charge in [0, 0.05) is 23.0 Å². The van der Waals surface area contributed by atoms with Gasteiger partial charge in [0.15, 0.2) is 0 Å². The highest BCUT2D eigenvalue weighted by Gasteiger charge is 2.07. The van der Waals surface area contributed by atoms with Crippen LogP contribution in [0.2, 0.25) is 0 Å². The molecule has 3 aromatic rings. The molecule has 6 nitrogen and oxygen atoms in total. The number of nitrogens with one attached hydrogen (secondary N) is 3. The summed E-state index contributed by atoms with van der Waals surface area (Å²) in [6.45, 7) is 4.44. The first-order valence-corrected chi connectivity index (χ1v) is 10.2. The molecule has 0 saturated carbocycles. The monoisotopic (exact) mass is 417 g/mol. The predicted molar refractivity (Wildman–Crippen MR) is 123 cm³/mol. The van der Waals surface area contributed by atoms with Gasteiger partial charge in [0.25, 0.3) is 5.91 Å². The van der Waals surface area contributed by atoms with Crippen LogP contribution < -0.4 is 20.7 Å². The molecule has 3 aromatic carbocycles. The van der Waals surface area contributed by atoms with E-state index in [-0.39, 0.29) is 24.4 Å². The van der Waals surface area contributed by atoms with Crippen molar-refractivity contribution in [1.82, 2.24) is 5.32 Å².